The molecule has 1 aromatic heterocycles. The molecule has 57 heavy (non-hydrogen) atoms. The van der Waals surface area contributed by atoms with Crippen molar-refractivity contribution in [2.24, 2.45) is 5.41 Å². The number of benzene rings is 4. The molecule has 5 aromatic rings. The van der Waals surface area contributed by atoms with E-state index in [2.05, 4.69) is 43.4 Å². The van der Waals surface area contributed by atoms with Crippen molar-refractivity contribution in [1.29, 1.82) is 0 Å². The summed E-state index contributed by atoms with van der Waals surface area (Å²) >= 11 is 1.66. The molecule has 3 aliphatic rings. The van der Waals surface area contributed by atoms with Gasteiger partial charge >= 0.3 is 6.03 Å². The second-order valence-corrected chi connectivity index (χ2v) is 17.1. The molecule has 296 valence electrons. The van der Waals surface area contributed by atoms with E-state index >= 15 is 4.79 Å². The van der Waals surface area contributed by atoms with E-state index in [0.717, 1.165) is 35.1 Å². The Morgan fingerprint density at radius 3 is 2.44 bits per heavy atom. The molecule has 4 unspecified atom stereocenters. The fourth-order valence-electron chi connectivity index (χ4n) is 9.04. The molecule has 7 nitrogen and oxygen atoms in total. The average Bonchev–Trinajstić information content (AvgIpc) is 3.84. The molecule has 0 spiro atoms. The summed E-state index contributed by atoms with van der Waals surface area (Å²) in [6, 6.07) is 35.0. The Hall–Kier alpha value is -5.02. The zero-order valence-electron chi connectivity index (χ0n) is 33.2. The van der Waals surface area contributed by atoms with Crippen LogP contribution in [0.25, 0.3) is 11.1 Å². The third-order valence-electron chi connectivity index (χ3n) is 12.5. The Morgan fingerprint density at radius 2 is 1.68 bits per heavy atom. The van der Waals surface area contributed by atoms with Gasteiger partial charge in [-0.2, -0.15) is 0 Å². The van der Waals surface area contributed by atoms with Gasteiger partial charge in [0.05, 0.1) is 25.4 Å². The number of carbonyl (C=O) groups is 2. The lowest BCUT2D eigenvalue weighted by Crippen LogP contribution is -2.54. The number of hydrogen-bond donors (Lipinski definition) is 3. The van der Waals surface area contributed by atoms with Crippen molar-refractivity contribution in [3.8, 4) is 16.9 Å². The van der Waals surface area contributed by atoms with E-state index < -0.39 is 17.1 Å². The summed E-state index contributed by atoms with van der Waals surface area (Å²) in [6.07, 6.45) is 6.71. The van der Waals surface area contributed by atoms with Gasteiger partial charge in [-0.25, -0.2) is 4.79 Å². The molecule has 4 atom stereocenters. The molecule has 0 saturated heterocycles. The van der Waals surface area contributed by atoms with Crippen LogP contribution in [0.1, 0.15) is 90.2 Å². The number of rotatable bonds is 10. The van der Waals surface area contributed by atoms with E-state index in [1.807, 2.05) is 96.4 Å². The lowest BCUT2D eigenvalue weighted by atomic mass is 9.64. The molecule has 2 bridgehead atoms. The molecule has 0 aliphatic heterocycles. The fourth-order valence-corrected chi connectivity index (χ4v) is 9.74. The highest BCUT2D eigenvalue weighted by atomic mass is 32.1. The predicted octanol–water partition coefficient (Wildman–Crippen LogP) is 10.5. The number of ketones is 1. The van der Waals surface area contributed by atoms with Gasteiger partial charge < -0.3 is 25.2 Å². The van der Waals surface area contributed by atoms with Crippen LogP contribution in [0.4, 0.5) is 10.5 Å². The SMILES string of the molecule is COc1ccc(NC(=O)N(CCc2cccs2)CC2(O)CCC3c4ccc(cc4C(=O)c4ccccc4-c4ccccc4)CC(O)CCC(C)=CCCC32C)cc1. The number of ether oxygens (including phenoxy) is 1. The van der Waals surface area contributed by atoms with Crippen molar-refractivity contribution in [2.75, 3.05) is 25.5 Å². The van der Waals surface area contributed by atoms with Crippen LogP contribution in [0.5, 0.6) is 5.75 Å². The number of thiophene rings is 1. The monoisotopic (exact) mass is 782 g/mol. The van der Waals surface area contributed by atoms with E-state index in [-0.39, 0.29) is 24.3 Å². The number of carbonyl (C=O) groups excluding carboxylic acids is 2. The minimum atomic E-state index is -1.26. The van der Waals surface area contributed by atoms with E-state index in [1.165, 1.54) is 10.5 Å². The number of hydrogen-bond acceptors (Lipinski definition) is 6. The number of aliphatic hydroxyl groups is 2. The van der Waals surface area contributed by atoms with E-state index in [1.54, 1.807) is 23.3 Å². The van der Waals surface area contributed by atoms with Crippen molar-refractivity contribution >= 4 is 28.8 Å². The Labute approximate surface area is 341 Å². The number of fused-ring (bicyclic) bond motifs is 8. The van der Waals surface area contributed by atoms with Crippen LogP contribution in [-0.2, 0) is 12.8 Å². The van der Waals surface area contributed by atoms with Crippen LogP contribution in [-0.4, -0.2) is 58.8 Å². The molecule has 8 heteroatoms. The summed E-state index contributed by atoms with van der Waals surface area (Å²) in [7, 11) is 1.61. The second kappa shape index (κ2) is 17.6. The van der Waals surface area contributed by atoms with Crippen molar-refractivity contribution in [2.45, 2.75) is 82.8 Å². The van der Waals surface area contributed by atoms with Gasteiger partial charge in [0.2, 0.25) is 0 Å². The first-order chi connectivity index (χ1) is 27.6. The van der Waals surface area contributed by atoms with Crippen LogP contribution in [0.15, 0.2) is 126 Å². The minimum absolute atomic E-state index is 0.0714. The van der Waals surface area contributed by atoms with Crippen LogP contribution in [0, 0.1) is 5.41 Å². The third kappa shape index (κ3) is 8.94. The minimum Gasteiger partial charge on any atom is -0.497 e. The molecule has 1 saturated carbocycles. The first kappa shape index (κ1) is 40.2. The first-order valence-electron chi connectivity index (χ1n) is 20.2. The second-order valence-electron chi connectivity index (χ2n) is 16.1. The van der Waals surface area contributed by atoms with Crippen LogP contribution in [0.3, 0.4) is 0 Å². The maximum absolute atomic E-state index is 15.0. The molecule has 3 N–H and O–H groups in total. The lowest BCUT2D eigenvalue weighted by molar-refractivity contribution is -0.0762. The van der Waals surface area contributed by atoms with Gasteiger partial charge in [-0.15, -0.1) is 11.3 Å². The zero-order valence-corrected chi connectivity index (χ0v) is 34.1. The summed E-state index contributed by atoms with van der Waals surface area (Å²) in [5.74, 6) is 0.452. The van der Waals surface area contributed by atoms with Crippen molar-refractivity contribution in [3.05, 3.63) is 153 Å². The Morgan fingerprint density at radius 1 is 0.912 bits per heavy atom. The molecular weight excluding hydrogens is 729 g/mol. The van der Waals surface area contributed by atoms with Gasteiger partial charge in [-0.3, -0.25) is 4.79 Å². The normalized spacial score (nSPS) is 22.2. The summed E-state index contributed by atoms with van der Waals surface area (Å²) in [5.41, 5.74) is 4.77. The van der Waals surface area contributed by atoms with E-state index in [0.29, 0.717) is 67.6 Å². The van der Waals surface area contributed by atoms with Gasteiger partial charge in [0.25, 0.3) is 0 Å². The highest BCUT2D eigenvalue weighted by Crippen LogP contribution is 2.59. The van der Waals surface area contributed by atoms with Gasteiger partial charge in [0, 0.05) is 33.7 Å². The number of aliphatic hydroxyl groups excluding tert-OH is 1. The topological polar surface area (TPSA) is 99.1 Å². The van der Waals surface area contributed by atoms with Gasteiger partial charge in [0.15, 0.2) is 5.78 Å². The van der Waals surface area contributed by atoms with Crippen molar-refractivity contribution in [3.63, 3.8) is 0 Å². The molecule has 1 fully saturated rings. The summed E-state index contributed by atoms with van der Waals surface area (Å²) < 4.78 is 5.33. The standard InChI is InChI=1S/C49H54N2O5S/c1-34-11-9-27-48(2)45(25-28-49(48,55)33-51(29-26-40-14-10-30-57-40)47(54)50-37-19-22-39(56-3)23-20-37)42-24-18-35(31-38(52)21-17-34)32-44(42)46(53)43-16-8-7-15-41(43)36-12-5-4-6-13-36/h4-8,10-16,18-20,22-24,30,32,38,45,52,55H,9,17,21,25-29,31,33H2,1-3H3,(H,50,54). The number of nitrogens with zero attached hydrogens (tertiary/aromatic N) is 1. The van der Waals surface area contributed by atoms with E-state index in [4.69, 9.17) is 4.74 Å². The number of anilines is 1. The highest BCUT2D eigenvalue weighted by Gasteiger charge is 2.57. The van der Waals surface area contributed by atoms with Gasteiger partial charge in [-0.05, 0) is 128 Å². The van der Waals surface area contributed by atoms with Crippen molar-refractivity contribution in [1.82, 2.24) is 4.90 Å². The number of urea groups is 1. The maximum atomic E-state index is 15.0. The quantitative estimate of drug-likeness (QED) is 0.0968. The maximum Gasteiger partial charge on any atom is 0.321 e. The molecule has 1 heterocycles. The Balaban J connectivity index is 1.29. The highest BCUT2D eigenvalue weighted by molar-refractivity contribution is 7.09. The molecule has 3 aliphatic carbocycles. The van der Waals surface area contributed by atoms with Crippen LogP contribution >= 0.6 is 11.3 Å². The largest absolute Gasteiger partial charge is 0.497 e. The molecular formula is C49H54N2O5S. The molecule has 4 aromatic carbocycles. The van der Waals surface area contributed by atoms with Gasteiger partial charge in [0.1, 0.15) is 5.75 Å². The lowest BCUT2D eigenvalue weighted by Gasteiger charge is -2.46. The number of allylic oxidation sites excluding steroid dienone is 2. The molecule has 2 amide bonds. The smallest absolute Gasteiger partial charge is 0.321 e. The Bertz CT molecular complexity index is 2180. The van der Waals surface area contributed by atoms with Crippen molar-refractivity contribution < 1.29 is 24.5 Å². The van der Waals surface area contributed by atoms with Gasteiger partial charge in [-0.1, -0.05) is 91.4 Å². The summed E-state index contributed by atoms with van der Waals surface area (Å²) in [4.78, 5) is 32.2. The predicted molar refractivity (Wildman–Crippen MR) is 230 cm³/mol. The number of amides is 2. The summed E-state index contributed by atoms with van der Waals surface area (Å²) in [6.45, 7) is 4.86. The van der Waals surface area contributed by atoms with Crippen LogP contribution < -0.4 is 10.1 Å². The number of methoxy groups -OCH3 is 1. The average molecular weight is 783 g/mol. The van der Waals surface area contributed by atoms with Crippen LogP contribution in [0.2, 0.25) is 0 Å². The van der Waals surface area contributed by atoms with E-state index in [9.17, 15) is 15.0 Å². The third-order valence-corrected chi connectivity index (χ3v) is 13.4. The zero-order chi connectivity index (χ0) is 40.0. The first-order valence-corrected chi connectivity index (χ1v) is 21.1. The molecule has 0 radical (unpaired) electrons. The fraction of sp³-hybridized carbons (Fsp3) is 0.347. The number of nitrogens with one attached hydrogen (secondary N) is 1. The summed E-state index contributed by atoms with van der Waals surface area (Å²) in [5, 5.41) is 29.4. The molecule has 8 rings (SSSR count). The Kier molecular flexibility index (Phi) is 12.4.